The third-order valence-corrected chi connectivity index (χ3v) is 6.50. The number of aryl methyl sites for hydroxylation is 2. The number of amides is 2. The number of hydrogen-bond acceptors (Lipinski definition) is 4. The fourth-order valence-corrected chi connectivity index (χ4v) is 4.58. The zero-order valence-electron chi connectivity index (χ0n) is 20.5. The Bertz CT molecular complexity index is 1620. The summed E-state index contributed by atoms with van der Waals surface area (Å²) in [5, 5.41) is 3.65. The number of aromatic amines is 1. The minimum absolute atomic E-state index is 0.0437. The first-order chi connectivity index (χ1) is 17.8. The van der Waals surface area contributed by atoms with E-state index in [4.69, 9.17) is 16.3 Å². The number of nitrogens with one attached hydrogen (secondary N) is 1. The molecule has 2 aromatic carbocycles. The first-order valence-corrected chi connectivity index (χ1v) is 12.1. The Labute approximate surface area is 218 Å². The smallest absolute Gasteiger partial charge is 0.331 e. The number of carbonyl (C=O) groups is 2. The van der Waals surface area contributed by atoms with Crippen molar-refractivity contribution >= 4 is 40.4 Å². The molecule has 5 rings (SSSR count). The lowest BCUT2D eigenvalue weighted by Gasteiger charge is -2.14. The molecule has 4 aromatic rings. The van der Waals surface area contributed by atoms with Gasteiger partial charge in [-0.25, -0.2) is 9.58 Å². The summed E-state index contributed by atoms with van der Waals surface area (Å²) in [6.45, 7) is 3.77. The van der Waals surface area contributed by atoms with E-state index in [-0.39, 0.29) is 16.8 Å². The number of pyridine rings is 1. The minimum atomic E-state index is -0.576. The van der Waals surface area contributed by atoms with Gasteiger partial charge in [0, 0.05) is 22.3 Å². The molecule has 1 aliphatic rings. The van der Waals surface area contributed by atoms with Gasteiger partial charge in [0.2, 0.25) is 0 Å². The fourth-order valence-electron chi connectivity index (χ4n) is 4.45. The molecule has 0 unspecified atom stereocenters. The molecule has 1 N–H and O–H groups in total. The third-order valence-electron chi connectivity index (χ3n) is 6.25. The second kappa shape index (κ2) is 9.55. The van der Waals surface area contributed by atoms with Crippen LogP contribution in [0.3, 0.4) is 0 Å². The highest BCUT2D eigenvalue weighted by atomic mass is 35.5. The largest absolute Gasteiger partial charge is 0.497 e. The molecule has 8 nitrogen and oxygen atoms in total. The van der Waals surface area contributed by atoms with Crippen LogP contribution >= 0.6 is 11.6 Å². The van der Waals surface area contributed by atoms with Crippen LogP contribution in [0.2, 0.25) is 5.02 Å². The summed E-state index contributed by atoms with van der Waals surface area (Å²) >= 11 is 6.03. The second-order valence-corrected chi connectivity index (χ2v) is 9.03. The van der Waals surface area contributed by atoms with Gasteiger partial charge in [-0.15, -0.1) is 0 Å². The molecular formula is C28H24ClN4O4+. The van der Waals surface area contributed by atoms with E-state index in [2.05, 4.69) is 5.10 Å². The predicted molar refractivity (Wildman–Crippen MR) is 141 cm³/mol. The molecule has 37 heavy (non-hydrogen) atoms. The highest BCUT2D eigenvalue weighted by molar-refractivity contribution is 6.53. The summed E-state index contributed by atoms with van der Waals surface area (Å²) in [5.74, 6) is -0.510. The van der Waals surface area contributed by atoms with Gasteiger partial charge in [0.15, 0.2) is 12.4 Å². The van der Waals surface area contributed by atoms with E-state index < -0.39 is 17.4 Å². The van der Waals surface area contributed by atoms with Crippen molar-refractivity contribution in [1.29, 1.82) is 0 Å². The van der Waals surface area contributed by atoms with Crippen LogP contribution in [0.4, 0.5) is 5.69 Å². The number of rotatable bonds is 6. The molecule has 0 aliphatic carbocycles. The fraction of sp³-hybridized carbons (Fsp3) is 0.143. The number of anilines is 1. The Hall–Kier alpha value is -4.43. The zero-order chi connectivity index (χ0) is 26.3. The Kier molecular flexibility index (Phi) is 6.27. The molecular weight excluding hydrogens is 492 g/mol. The Morgan fingerprint density at radius 2 is 1.62 bits per heavy atom. The average molecular weight is 516 g/mol. The molecule has 0 fully saturated rings. The van der Waals surface area contributed by atoms with Gasteiger partial charge in [-0.3, -0.25) is 19.5 Å². The van der Waals surface area contributed by atoms with Crippen LogP contribution in [0.15, 0.2) is 77.9 Å². The van der Waals surface area contributed by atoms with Crippen LogP contribution < -0.4 is 19.8 Å². The summed E-state index contributed by atoms with van der Waals surface area (Å²) in [5.41, 5.74) is 2.25. The molecule has 3 heterocycles. The van der Waals surface area contributed by atoms with Crippen LogP contribution in [-0.2, 0) is 16.0 Å². The number of nitrogens with zero attached hydrogens (tertiary/aromatic N) is 3. The molecule has 1 aliphatic heterocycles. The highest BCUT2D eigenvalue weighted by Gasteiger charge is 2.48. The number of halogens is 1. The zero-order valence-corrected chi connectivity index (χ0v) is 21.2. The molecule has 9 heteroatoms. The van der Waals surface area contributed by atoms with Crippen molar-refractivity contribution in [3.8, 4) is 11.4 Å². The lowest BCUT2D eigenvalue weighted by Crippen LogP contribution is -2.39. The van der Waals surface area contributed by atoms with Crippen LogP contribution in [0, 0.1) is 6.92 Å². The molecule has 2 aromatic heterocycles. The normalized spacial score (nSPS) is 13.6. The van der Waals surface area contributed by atoms with Crippen molar-refractivity contribution in [3.05, 3.63) is 105 Å². The topological polar surface area (TPSA) is 88.3 Å². The number of H-pyrrole nitrogens is 1. The van der Waals surface area contributed by atoms with Gasteiger partial charge in [0.1, 0.15) is 11.3 Å². The van der Waals surface area contributed by atoms with E-state index in [1.54, 1.807) is 71.6 Å². The molecule has 0 saturated heterocycles. The number of carbonyl (C=O) groups excluding carboxylic acids is 2. The van der Waals surface area contributed by atoms with Gasteiger partial charge in [0.05, 0.1) is 24.0 Å². The summed E-state index contributed by atoms with van der Waals surface area (Å²) in [6, 6.07) is 17.1. The van der Waals surface area contributed by atoms with Gasteiger partial charge in [-0.05, 0) is 67.9 Å². The van der Waals surface area contributed by atoms with Crippen LogP contribution in [0.1, 0.15) is 23.7 Å². The van der Waals surface area contributed by atoms with Crippen molar-refractivity contribution in [2.24, 2.45) is 0 Å². The molecule has 0 atom stereocenters. The monoisotopic (exact) mass is 515 g/mol. The standard InChI is InChI=1S/C28H23ClN4O4/c1-4-22-23(27(35)33(30-22)20-9-7-18(29)8-10-20)24-25(31-15-5-6-17(2)16-31)28(36)32(26(24)34)19-11-13-21(37-3)14-12-19/h5-16H,4H2,1-3H3/p+1. The van der Waals surface area contributed by atoms with Crippen molar-refractivity contribution in [3.63, 3.8) is 0 Å². The first kappa shape index (κ1) is 24.3. The first-order valence-electron chi connectivity index (χ1n) is 11.7. The van der Waals surface area contributed by atoms with Crippen LogP contribution in [0.25, 0.3) is 17.0 Å². The van der Waals surface area contributed by atoms with Gasteiger partial charge in [0.25, 0.3) is 17.2 Å². The number of hydrogen-bond donors (Lipinski definition) is 1. The lowest BCUT2D eigenvalue weighted by molar-refractivity contribution is -0.577. The summed E-state index contributed by atoms with van der Waals surface area (Å²) < 4.78 is 8.19. The van der Waals surface area contributed by atoms with Crippen LogP contribution in [-0.4, -0.2) is 28.7 Å². The number of aromatic nitrogens is 3. The highest BCUT2D eigenvalue weighted by Crippen LogP contribution is 2.34. The molecule has 0 radical (unpaired) electrons. The maximum absolute atomic E-state index is 14.0. The molecule has 0 spiro atoms. The lowest BCUT2D eigenvalue weighted by atomic mass is 10.0. The van der Waals surface area contributed by atoms with E-state index in [0.29, 0.717) is 34.3 Å². The van der Waals surface area contributed by atoms with Crippen molar-refractivity contribution in [2.75, 3.05) is 12.0 Å². The molecule has 0 saturated carbocycles. The number of ether oxygens (including phenoxy) is 1. The third kappa shape index (κ3) is 4.15. The predicted octanol–water partition coefficient (Wildman–Crippen LogP) is 3.93. The summed E-state index contributed by atoms with van der Waals surface area (Å²) in [7, 11) is 1.54. The summed E-state index contributed by atoms with van der Waals surface area (Å²) in [6.07, 6.45) is 3.89. The number of benzene rings is 2. The second-order valence-electron chi connectivity index (χ2n) is 8.59. The van der Waals surface area contributed by atoms with Gasteiger partial charge in [-0.1, -0.05) is 18.5 Å². The van der Waals surface area contributed by atoms with E-state index >= 15 is 0 Å². The van der Waals surface area contributed by atoms with Gasteiger partial charge >= 0.3 is 5.91 Å². The quantitative estimate of drug-likeness (QED) is 0.311. The van der Waals surface area contributed by atoms with Crippen molar-refractivity contribution in [1.82, 2.24) is 9.78 Å². The Morgan fingerprint density at radius 3 is 2.24 bits per heavy atom. The molecule has 2 amide bonds. The van der Waals surface area contributed by atoms with E-state index in [1.165, 1.54) is 11.8 Å². The van der Waals surface area contributed by atoms with Gasteiger partial charge in [-0.2, -0.15) is 4.57 Å². The van der Waals surface area contributed by atoms with Crippen molar-refractivity contribution < 1.29 is 18.9 Å². The number of imide groups is 1. The SMILES string of the molecule is CCc1[nH]n(-c2ccc(Cl)cc2)c(=O)c1C1=C([n+]2cccc(C)c2)C(=O)N(c2ccc(OC)cc2)C1=O. The molecule has 0 bridgehead atoms. The molecule has 186 valence electrons. The van der Waals surface area contributed by atoms with E-state index in [1.807, 2.05) is 19.9 Å². The van der Waals surface area contributed by atoms with Crippen LogP contribution in [0.5, 0.6) is 5.75 Å². The van der Waals surface area contributed by atoms with E-state index in [9.17, 15) is 14.4 Å². The van der Waals surface area contributed by atoms with Crippen molar-refractivity contribution in [2.45, 2.75) is 20.3 Å². The van der Waals surface area contributed by atoms with E-state index in [0.717, 1.165) is 10.5 Å². The number of methoxy groups -OCH3 is 1. The maximum Gasteiger partial charge on any atom is 0.331 e. The Morgan fingerprint density at radius 1 is 0.946 bits per heavy atom. The van der Waals surface area contributed by atoms with Gasteiger partial charge < -0.3 is 4.74 Å². The summed E-state index contributed by atoms with van der Waals surface area (Å²) in [4.78, 5) is 42.7. The Balaban J connectivity index is 1.75. The maximum atomic E-state index is 14.0. The average Bonchev–Trinajstić information content (AvgIpc) is 3.36. The minimum Gasteiger partial charge on any atom is -0.497 e.